The second-order valence-corrected chi connectivity index (χ2v) is 9.20. The molecule has 1 aromatic carbocycles. The number of furan rings is 1. The number of rotatable bonds is 3. The molecular formula is C24H23ClN6O3S. The van der Waals surface area contributed by atoms with Gasteiger partial charge in [0.25, 0.3) is 0 Å². The van der Waals surface area contributed by atoms with Crippen LogP contribution in [0.5, 0.6) is 0 Å². The number of aromatic nitrogens is 4. The molecule has 5 heterocycles. The van der Waals surface area contributed by atoms with Crippen LogP contribution in [0.25, 0.3) is 11.1 Å². The number of aryl methyl sites for hydroxylation is 1. The zero-order valence-corrected chi connectivity index (χ0v) is 20.6. The fourth-order valence-corrected chi connectivity index (χ4v) is 5.05. The fourth-order valence-electron chi connectivity index (χ4n) is 4.95. The van der Waals surface area contributed by atoms with Crippen molar-refractivity contribution in [3.05, 3.63) is 64.9 Å². The van der Waals surface area contributed by atoms with Crippen LogP contribution in [0.15, 0.2) is 47.6 Å². The van der Waals surface area contributed by atoms with Crippen molar-refractivity contribution in [3.63, 3.8) is 0 Å². The Bertz CT molecular complexity index is 1380. The van der Waals surface area contributed by atoms with Gasteiger partial charge in [0.05, 0.1) is 23.7 Å². The quantitative estimate of drug-likeness (QED) is 0.397. The summed E-state index contributed by atoms with van der Waals surface area (Å²) in [7, 11) is 0. The molecule has 0 unspecified atom stereocenters. The molecule has 0 amide bonds. The van der Waals surface area contributed by atoms with Gasteiger partial charge in [0.1, 0.15) is 11.8 Å². The normalized spacial score (nSPS) is 15.6. The highest BCUT2D eigenvalue weighted by atomic mass is 35.5. The summed E-state index contributed by atoms with van der Waals surface area (Å²) in [5, 5.41) is 0.555. The summed E-state index contributed by atoms with van der Waals surface area (Å²) in [6.07, 6.45) is 9.85. The second kappa shape index (κ2) is 10.1. The van der Waals surface area contributed by atoms with E-state index in [0.29, 0.717) is 10.9 Å². The molecule has 0 aliphatic carbocycles. The van der Waals surface area contributed by atoms with Crippen molar-refractivity contribution < 1.29 is 12.8 Å². The Kier molecular flexibility index (Phi) is 6.74. The van der Waals surface area contributed by atoms with Crippen molar-refractivity contribution in [3.8, 4) is 0 Å². The van der Waals surface area contributed by atoms with Gasteiger partial charge >= 0.3 is 11.6 Å². The highest BCUT2D eigenvalue weighted by Gasteiger charge is 2.29. The summed E-state index contributed by atoms with van der Waals surface area (Å²) in [4.78, 5) is 22.4. The van der Waals surface area contributed by atoms with E-state index in [1.165, 1.54) is 22.4 Å². The van der Waals surface area contributed by atoms with E-state index in [9.17, 15) is 0 Å². The Balaban J connectivity index is 0.000000806. The minimum Gasteiger partial charge on any atom is -0.458 e. The van der Waals surface area contributed by atoms with E-state index in [1.807, 2.05) is 6.26 Å². The first kappa shape index (κ1) is 23.4. The van der Waals surface area contributed by atoms with E-state index in [0.717, 1.165) is 61.8 Å². The molecule has 6 rings (SSSR count). The van der Waals surface area contributed by atoms with Gasteiger partial charge in [0.15, 0.2) is 11.4 Å². The number of halogens is 1. The predicted molar refractivity (Wildman–Crippen MR) is 134 cm³/mol. The maximum absolute atomic E-state index is 8.29. The zero-order valence-electron chi connectivity index (χ0n) is 19.1. The molecule has 3 aromatic heterocycles. The molecule has 0 saturated carbocycles. The lowest BCUT2D eigenvalue weighted by Gasteiger charge is -2.31. The van der Waals surface area contributed by atoms with E-state index in [1.54, 1.807) is 18.7 Å². The third-order valence-corrected chi connectivity index (χ3v) is 6.77. The SMILES string of the molecule is Cc1ccc2c(c1)CCN2c1ncnc2c(C3CCN(c4ncc(Cl)cn4)CC3)coc12.O=S=O. The fraction of sp³-hybridized carbons (Fsp3) is 0.333. The van der Waals surface area contributed by atoms with Crippen LogP contribution >= 0.6 is 11.6 Å². The zero-order chi connectivity index (χ0) is 24.4. The number of nitrogens with zero attached hydrogens (tertiary/aromatic N) is 6. The summed E-state index contributed by atoms with van der Waals surface area (Å²) in [6.45, 7) is 4.81. The summed E-state index contributed by atoms with van der Waals surface area (Å²) >= 11 is 5.17. The van der Waals surface area contributed by atoms with Crippen molar-refractivity contribution in [1.29, 1.82) is 0 Å². The van der Waals surface area contributed by atoms with Gasteiger partial charge in [-0.15, -0.1) is 0 Å². The van der Waals surface area contributed by atoms with E-state index in [4.69, 9.17) is 24.4 Å². The molecule has 11 heteroatoms. The molecule has 2 aliphatic rings. The molecule has 0 spiro atoms. The van der Waals surface area contributed by atoms with Gasteiger partial charge in [-0.2, -0.15) is 8.42 Å². The maximum atomic E-state index is 8.29. The summed E-state index contributed by atoms with van der Waals surface area (Å²) in [5.41, 5.74) is 6.74. The summed E-state index contributed by atoms with van der Waals surface area (Å²) < 4.78 is 22.7. The minimum absolute atomic E-state index is 0.385. The monoisotopic (exact) mass is 510 g/mol. The third kappa shape index (κ3) is 4.63. The first-order valence-corrected chi connectivity index (χ1v) is 12.4. The van der Waals surface area contributed by atoms with Gasteiger partial charge in [0, 0.05) is 30.9 Å². The van der Waals surface area contributed by atoms with E-state index >= 15 is 0 Å². The van der Waals surface area contributed by atoms with Crippen LogP contribution < -0.4 is 9.80 Å². The highest BCUT2D eigenvalue weighted by Crippen LogP contribution is 2.40. The van der Waals surface area contributed by atoms with Crippen molar-refractivity contribution in [2.75, 3.05) is 29.4 Å². The highest BCUT2D eigenvalue weighted by molar-refractivity contribution is 7.51. The van der Waals surface area contributed by atoms with Crippen molar-refractivity contribution in [2.45, 2.75) is 32.1 Å². The first-order chi connectivity index (χ1) is 17.1. The average Bonchev–Trinajstić information content (AvgIpc) is 3.49. The van der Waals surface area contributed by atoms with Crippen molar-refractivity contribution >= 4 is 51.7 Å². The Hall–Kier alpha value is -3.37. The van der Waals surface area contributed by atoms with Crippen LogP contribution in [0.2, 0.25) is 5.02 Å². The van der Waals surface area contributed by atoms with Crippen LogP contribution in [0.1, 0.15) is 35.4 Å². The van der Waals surface area contributed by atoms with Crippen molar-refractivity contribution in [2.24, 2.45) is 0 Å². The number of hydrogen-bond acceptors (Lipinski definition) is 9. The minimum atomic E-state index is -0.750. The lowest BCUT2D eigenvalue weighted by atomic mass is 9.90. The van der Waals surface area contributed by atoms with Crippen LogP contribution in [0, 0.1) is 6.92 Å². The van der Waals surface area contributed by atoms with Crippen LogP contribution in [-0.2, 0) is 18.0 Å². The molecule has 0 bridgehead atoms. The number of benzene rings is 1. The Labute approximate surface area is 210 Å². The molecule has 4 aromatic rings. The average molecular weight is 511 g/mol. The number of hydrogen-bond donors (Lipinski definition) is 0. The predicted octanol–water partition coefficient (Wildman–Crippen LogP) is 4.38. The van der Waals surface area contributed by atoms with E-state index in [2.05, 4.69) is 54.9 Å². The summed E-state index contributed by atoms with van der Waals surface area (Å²) in [6, 6.07) is 6.60. The molecule has 0 atom stereocenters. The lowest BCUT2D eigenvalue weighted by molar-refractivity contribution is 0.493. The van der Waals surface area contributed by atoms with E-state index in [-0.39, 0.29) is 0 Å². The van der Waals surface area contributed by atoms with Gasteiger partial charge < -0.3 is 14.2 Å². The molecule has 180 valence electrons. The lowest BCUT2D eigenvalue weighted by Crippen LogP contribution is -2.34. The Morgan fingerprint density at radius 3 is 2.54 bits per heavy atom. The number of fused-ring (bicyclic) bond motifs is 2. The third-order valence-electron chi connectivity index (χ3n) is 6.57. The van der Waals surface area contributed by atoms with Gasteiger partial charge in [-0.05, 0) is 43.7 Å². The standard InChI is InChI=1S/C24H23ClN6O.O2S/c1-15-2-3-20-17(10-15)6-9-31(20)23-22-21(28-14-29-23)19(13-32-22)16-4-7-30(8-5-16)24-26-11-18(25)12-27-24;1-3-2/h2-3,10-14,16H,4-9H2,1H3;. The Morgan fingerprint density at radius 2 is 1.80 bits per heavy atom. The summed E-state index contributed by atoms with van der Waals surface area (Å²) in [5.74, 6) is 1.98. The number of piperidine rings is 1. The molecule has 35 heavy (non-hydrogen) atoms. The van der Waals surface area contributed by atoms with Gasteiger partial charge in [-0.25, -0.2) is 19.9 Å². The van der Waals surface area contributed by atoms with E-state index < -0.39 is 11.6 Å². The molecule has 0 radical (unpaired) electrons. The maximum Gasteiger partial charge on any atom is 0.335 e. The smallest absolute Gasteiger partial charge is 0.335 e. The topological polar surface area (TPSA) is 105 Å². The number of anilines is 3. The van der Waals surface area contributed by atoms with Crippen LogP contribution in [0.4, 0.5) is 17.5 Å². The van der Waals surface area contributed by atoms with Crippen LogP contribution in [-0.4, -0.2) is 48.0 Å². The van der Waals surface area contributed by atoms with Gasteiger partial charge in [0.2, 0.25) is 5.95 Å². The largest absolute Gasteiger partial charge is 0.458 e. The van der Waals surface area contributed by atoms with Crippen LogP contribution in [0.3, 0.4) is 0 Å². The van der Waals surface area contributed by atoms with Gasteiger partial charge in [-0.1, -0.05) is 29.3 Å². The molecule has 0 N–H and O–H groups in total. The second-order valence-electron chi connectivity index (χ2n) is 8.63. The molecular weight excluding hydrogens is 488 g/mol. The molecule has 2 aliphatic heterocycles. The van der Waals surface area contributed by atoms with Gasteiger partial charge in [-0.3, -0.25) is 0 Å². The molecule has 9 nitrogen and oxygen atoms in total. The molecule has 1 saturated heterocycles. The first-order valence-electron chi connectivity index (χ1n) is 11.3. The Morgan fingerprint density at radius 1 is 1.06 bits per heavy atom. The molecule has 1 fully saturated rings. The van der Waals surface area contributed by atoms with Crippen molar-refractivity contribution in [1.82, 2.24) is 19.9 Å².